The molecule has 1 heterocycles. The van der Waals surface area contributed by atoms with Gasteiger partial charge in [0.25, 0.3) is 0 Å². The molecule has 0 aliphatic carbocycles. The molecule has 1 N–H and O–H groups in total. The Bertz CT molecular complexity index is 512. The average molecular weight is 273 g/mol. The van der Waals surface area contributed by atoms with Crippen molar-refractivity contribution in [3.63, 3.8) is 0 Å². The van der Waals surface area contributed by atoms with Gasteiger partial charge in [0.05, 0.1) is 0 Å². The second-order valence-electron chi connectivity index (χ2n) is 5.18. The van der Waals surface area contributed by atoms with Crippen LogP contribution in [0.2, 0.25) is 0 Å². The third-order valence-corrected chi connectivity index (χ3v) is 4.95. The maximum atomic E-state index is 3.68. The fourth-order valence-corrected chi connectivity index (χ4v) is 3.19. The van der Waals surface area contributed by atoms with Gasteiger partial charge in [-0.15, -0.1) is 11.3 Å². The third-order valence-electron chi connectivity index (χ3n) is 3.54. The van der Waals surface area contributed by atoms with Gasteiger partial charge in [-0.1, -0.05) is 36.8 Å². The zero-order chi connectivity index (χ0) is 13.8. The van der Waals surface area contributed by atoms with Crippen molar-refractivity contribution in [2.45, 2.75) is 46.2 Å². The highest BCUT2D eigenvalue weighted by Gasteiger charge is 2.12. The Morgan fingerprint density at radius 1 is 1.00 bits per heavy atom. The molecule has 0 aliphatic rings. The Morgan fingerprint density at radius 2 is 1.68 bits per heavy atom. The molecule has 1 aromatic heterocycles. The van der Waals surface area contributed by atoms with E-state index in [9.17, 15) is 0 Å². The van der Waals surface area contributed by atoms with Gasteiger partial charge in [0.2, 0.25) is 0 Å². The molecule has 1 aromatic carbocycles. The molecule has 0 amide bonds. The number of rotatable bonds is 5. The van der Waals surface area contributed by atoms with Gasteiger partial charge in [-0.25, -0.2) is 0 Å². The summed E-state index contributed by atoms with van der Waals surface area (Å²) in [5, 5.41) is 3.68. The number of hydrogen-bond donors (Lipinski definition) is 1. The first kappa shape index (κ1) is 14.3. The Hall–Kier alpha value is -1.12. The monoisotopic (exact) mass is 273 g/mol. The lowest BCUT2D eigenvalue weighted by Crippen LogP contribution is -2.21. The smallest absolute Gasteiger partial charge is 0.0391 e. The fraction of sp³-hybridized carbons (Fsp3) is 0.412. The summed E-state index contributed by atoms with van der Waals surface area (Å²) in [6.45, 7) is 8.82. The molecule has 2 aromatic rings. The minimum Gasteiger partial charge on any atom is -0.303 e. The highest BCUT2D eigenvalue weighted by molar-refractivity contribution is 7.12. The zero-order valence-electron chi connectivity index (χ0n) is 12.2. The summed E-state index contributed by atoms with van der Waals surface area (Å²) in [6, 6.07) is 14.1. The van der Waals surface area contributed by atoms with Crippen LogP contribution in [-0.4, -0.2) is 0 Å². The van der Waals surface area contributed by atoms with E-state index in [4.69, 9.17) is 0 Å². The standard InChI is InChI=1S/C17H23NS/c1-5-16-10-11-17(19-16)14(4)18-13(3)15-8-6-12(2)7-9-15/h6-11,13-14,18H,5H2,1-4H3. The van der Waals surface area contributed by atoms with Gasteiger partial charge >= 0.3 is 0 Å². The number of aryl methyl sites for hydroxylation is 2. The fourth-order valence-electron chi connectivity index (χ4n) is 2.23. The molecule has 2 rings (SSSR count). The van der Waals surface area contributed by atoms with Crippen LogP contribution in [0.4, 0.5) is 0 Å². The lowest BCUT2D eigenvalue weighted by atomic mass is 10.1. The highest BCUT2D eigenvalue weighted by Crippen LogP contribution is 2.26. The van der Waals surface area contributed by atoms with Crippen LogP contribution in [0, 0.1) is 6.92 Å². The average Bonchev–Trinajstić information content (AvgIpc) is 2.88. The Labute approximate surface area is 120 Å². The van der Waals surface area contributed by atoms with Gasteiger partial charge in [-0.05, 0) is 44.9 Å². The maximum Gasteiger partial charge on any atom is 0.0391 e. The van der Waals surface area contributed by atoms with Crippen LogP contribution < -0.4 is 5.32 Å². The molecule has 1 nitrogen and oxygen atoms in total. The van der Waals surface area contributed by atoms with Crippen molar-refractivity contribution in [2.24, 2.45) is 0 Å². The quantitative estimate of drug-likeness (QED) is 0.805. The van der Waals surface area contributed by atoms with Crippen LogP contribution in [-0.2, 0) is 6.42 Å². The summed E-state index contributed by atoms with van der Waals surface area (Å²) >= 11 is 1.92. The van der Waals surface area contributed by atoms with E-state index >= 15 is 0 Å². The molecule has 0 aliphatic heterocycles. The van der Waals surface area contributed by atoms with Crippen LogP contribution in [0.3, 0.4) is 0 Å². The highest BCUT2D eigenvalue weighted by atomic mass is 32.1. The van der Waals surface area contributed by atoms with Gasteiger partial charge in [0.1, 0.15) is 0 Å². The number of thiophene rings is 1. The second kappa shape index (κ2) is 6.36. The normalized spacial score (nSPS) is 14.3. The molecule has 0 saturated heterocycles. The summed E-state index contributed by atoms with van der Waals surface area (Å²) in [7, 11) is 0. The number of nitrogens with one attached hydrogen (secondary N) is 1. The van der Waals surface area contributed by atoms with E-state index in [0.29, 0.717) is 12.1 Å². The first-order valence-corrected chi connectivity index (χ1v) is 7.83. The molecular weight excluding hydrogens is 250 g/mol. The summed E-state index contributed by atoms with van der Waals surface area (Å²) in [4.78, 5) is 2.89. The first-order valence-electron chi connectivity index (χ1n) is 7.01. The molecule has 0 fully saturated rings. The van der Waals surface area contributed by atoms with Crippen molar-refractivity contribution >= 4 is 11.3 Å². The molecule has 2 atom stereocenters. The van der Waals surface area contributed by atoms with Gasteiger partial charge < -0.3 is 5.32 Å². The van der Waals surface area contributed by atoms with Crippen molar-refractivity contribution in [3.05, 3.63) is 57.3 Å². The van der Waals surface area contributed by atoms with E-state index in [1.165, 1.54) is 20.9 Å². The van der Waals surface area contributed by atoms with Crippen LogP contribution in [0.1, 0.15) is 53.7 Å². The minimum absolute atomic E-state index is 0.378. The summed E-state index contributed by atoms with van der Waals surface area (Å²) in [5.74, 6) is 0. The lowest BCUT2D eigenvalue weighted by Gasteiger charge is -2.19. The molecule has 0 spiro atoms. The molecule has 19 heavy (non-hydrogen) atoms. The van der Waals surface area contributed by atoms with Crippen LogP contribution in [0.25, 0.3) is 0 Å². The SMILES string of the molecule is CCc1ccc(C(C)NC(C)c2ccc(C)cc2)s1. The van der Waals surface area contributed by atoms with Crippen LogP contribution in [0.5, 0.6) is 0 Å². The van der Waals surface area contributed by atoms with E-state index in [1.54, 1.807) is 0 Å². The van der Waals surface area contributed by atoms with Crippen molar-refractivity contribution in [2.75, 3.05) is 0 Å². The Balaban J connectivity index is 2.01. The van der Waals surface area contributed by atoms with Gasteiger partial charge in [0.15, 0.2) is 0 Å². The van der Waals surface area contributed by atoms with Crippen molar-refractivity contribution in [3.8, 4) is 0 Å². The predicted octanol–water partition coefficient (Wildman–Crippen LogP) is 5.03. The Morgan fingerprint density at radius 3 is 2.26 bits per heavy atom. The van der Waals surface area contributed by atoms with E-state index in [0.717, 1.165) is 6.42 Å². The topological polar surface area (TPSA) is 12.0 Å². The largest absolute Gasteiger partial charge is 0.303 e. The van der Waals surface area contributed by atoms with Crippen LogP contribution in [0.15, 0.2) is 36.4 Å². The zero-order valence-corrected chi connectivity index (χ0v) is 13.1. The molecular formula is C17H23NS. The summed E-state index contributed by atoms with van der Waals surface area (Å²) in [5.41, 5.74) is 2.67. The van der Waals surface area contributed by atoms with E-state index in [-0.39, 0.29) is 0 Å². The number of benzene rings is 1. The number of hydrogen-bond acceptors (Lipinski definition) is 2. The van der Waals surface area contributed by atoms with Crippen LogP contribution >= 0.6 is 11.3 Å². The lowest BCUT2D eigenvalue weighted by molar-refractivity contribution is 0.500. The Kier molecular flexibility index (Phi) is 4.78. The minimum atomic E-state index is 0.378. The van der Waals surface area contributed by atoms with E-state index < -0.39 is 0 Å². The molecule has 0 radical (unpaired) electrons. The van der Waals surface area contributed by atoms with Crippen molar-refractivity contribution < 1.29 is 0 Å². The van der Waals surface area contributed by atoms with E-state index in [1.807, 2.05) is 11.3 Å². The molecule has 0 bridgehead atoms. The molecule has 2 unspecified atom stereocenters. The van der Waals surface area contributed by atoms with Gasteiger partial charge in [-0.3, -0.25) is 0 Å². The predicted molar refractivity (Wildman–Crippen MR) is 84.8 cm³/mol. The van der Waals surface area contributed by atoms with Crippen molar-refractivity contribution in [1.82, 2.24) is 5.32 Å². The third kappa shape index (κ3) is 3.68. The molecule has 102 valence electrons. The van der Waals surface area contributed by atoms with Gasteiger partial charge in [0, 0.05) is 21.8 Å². The maximum absolute atomic E-state index is 3.68. The van der Waals surface area contributed by atoms with E-state index in [2.05, 4.69) is 69.4 Å². The van der Waals surface area contributed by atoms with Crippen molar-refractivity contribution in [1.29, 1.82) is 0 Å². The summed E-state index contributed by atoms with van der Waals surface area (Å²) < 4.78 is 0. The molecule has 0 saturated carbocycles. The summed E-state index contributed by atoms with van der Waals surface area (Å²) in [6.07, 6.45) is 1.13. The second-order valence-corrected chi connectivity index (χ2v) is 6.38. The molecule has 2 heteroatoms. The van der Waals surface area contributed by atoms with Gasteiger partial charge in [-0.2, -0.15) is 0 Å². The first-order chi connectivity index (χ1) is 9.10.